The fraction of sp³-hybridized carbons (Fsp3) is 0.652. The number of ether oxygens (including phenoxy) is 1. The van der Waals surface area contributed by atoms with E-state index in [1.807, 2.05) is 17.0 Å². The van der Waals surface area contributed by atoms with E-state index in [9.17, 15) is 4.79 Å². The van der Waals surface area contributed by atoms with Gasteiger partial charge in [0, 0.05) is 59.3 Å². The predicted molar refractivity (Wildman–Crippen MR) is 120 cm³/mol. The zero-order chi connectivity index (χ0) is 21.3. The second-order valence-corrected chi connectivity index (χ2v) is 8.65. The van der Waals surface area contributed by atoms with Crippen molar-refractivity contribution < 1.29 is 9.53 Å². The second kappa shape index (κ2) is 11.3. The Morgan fingerprint density at radius 2 is 1.97 bits per heavy atom. The lowest BCUT2D eigenvalue weighted by Crippen LogP contribution is -2.50. The zero-order valence-corrected chi connectivity index (χ0v) is 18.7. The Kier molecular flexibility index (Phi) is 8.51. The van der Waals surface area contributed by atoms with Crippen molar-refractivity contribution in [2.24, 2.45) is 10.9 Å². The van der Waals surface area contributed by atoms with Crippen LogP contribution in [0.4, 0.5) is 0 Å². The van der Waals surface area contributed by atoms with Crippen LogP contribution in [0.2, 0.25) is 0 Å². The average Bonchev–Trinajstić information content (AvgIpc) is 3.17. The molecule has 0 radical (unpaired) electrons. The maximum Gasteiger partial charge on any atom is 0.223 e. The van der Waals surface area contributed by atoms with Gasteiger partial charge in [0.05, 0.1) is 12.7 Å². The number of hydrogen-bond acceptors (Lipinski definition) is 4. The van der Waals surface area contributed by atoms with Crippen molar-refractivity contribution >= 4 is 11.9 Å². The van der Waals surface area contributed by atoms with Gasteiger partial charge in [0.1, 0.15) is 0 Å². The van der Waals surface area contributed by atoms with E-state index in [1.165, 1.54) is 11.1 Å². The Hall–Kier alpha value is -2.12. The standard InChI is InChI=1S/C23H37N5O2/c1-18(2)14-27-11-12-30-21(17-27)13-26-23(24-3)25-10-6-9-22(29)28-15-19-7-4-5-8-20(19)16-28/h4-5,7-8,18,21H,6,9-17H2,1-3H3,(H2,24,25,26). The molecular weight excluding hydrogens is 378 g/mol. The number of morpholine rings is 1. The minimum absolute atomic E-state index is 0.175. The fourth-order valence-corrected chi connectivity index (χ4v) is 4.13. The molecule has 1 aromatic carbocycles. The summed E-state index contributed by atoms with van der Waals surface area (Å²) in [6.45, 7) is 11.3. The van der Waals surface area contributed by atoms with E-state index in [2.05, 4.69) is 46.5 Å². The molecule has 2 N–H and O–H groups in total. The molecule has 0 aromatic heterocycles. The summed E-state index contributed by atoms with van der Waals surface area (Å²) in [6, 6.07) is 8.29. The summed E-state index contributed by atoms with van der Waals surface area (Å²) in [7, 11) is 1.77. The lowest BCUT2D eigenvalue weighted by molar-refractivity contribution is -0.131. The summed E-state index contributed by atoms with van der Waals surface area (Å²) in [5.74, 6) is 1.65. The van der Waals surface area contributed by atoms with Crippen molar-refractivity contribution in [1.29, 1.82) is 0 Å². The van der Waals surface area contributed by atoms with Gasteiger partial charge >= 0.3 is 0 Å². The van der Waals surface area contributed by atoms with Crippen LogP contribution in [-0.4, -0.2) is 74.1 Å². The van der Waals surface area contributed by atoms with Crippen LogP contribution in [0.1, 0.15) is 37.8 Å². The monoisotopic (exact) mass is 415 g/mol. The summed E-state index contributed by atoms with van der Waals surface area (Å²) < 4.78 is 5.89. The molecule has 1 atom stereocenters. The van der Waals surface area contributed by atoms with Crippen molar-refractivity contribution in [3.05, 3.63) is 35.4 Å². The normalized spacial score (nSPS) is 19.8. The number of fused-ring (bicyclic) bond motifs is 1. The topological polar surface area (TPSA) is 69.2 Å². The Morgan fingerprint density at radius 3 is 2.63 bits per heavy atom. The molecule has 3 rings (SSSR count). The van der Waals surface area contributed by atoms with Gasteiger partial charge in [0.2, 0.25) is 5.91 Å². The molecule has 1 saturated heterocycles. The molecule has 2 aliphatic heterocycles. The molecule has 166 valence electrons. The molecule has 7 nitrogen and oxygen atoms in total. The summed E-state index contributed by atoms with van der Waals surface area (Å²) in [6.07, 6.45) is 1.51. The molecule has 0 bridgehead atoms. The van der Waals surface area contributed by atoms with Gasteiger partial charge in [-0.25, -0.2) is 0 Å². The number of nitrogens with one attached hydrogen (secondary N) is 2. The first-order valence-electron chi connectivity index (χ1n) is 11.2. The average molecular weight is 416 g/mol. The Bertz CT molecular complexity index is 696. The second-order valence-electron chi connectivity index (χ2n) is 8.65. The molecule has 0 spiro atoms. The number of guanidine groups is 1. The van der Waals surface area contributed by atoms with Crippen LogP contribution in [-0.2, 0) is 22.6 Å². The number of carbonyl (C=O) groups excluding carboxylic acids is 1. The lowest BCUT2D eigenvalue weighted by Gasteiger charge is -2.34. The van der Waals surface area contributed by atoms with Crippen molar-refractivity contribution in [1.82, 2.24) is 20.4 Å². The van der Waals surface area contributed by atoms with Crippen molar-refractivity contribution in [2.45, 2.75) is 45.9 Å². The lowest BCUT2D eigenvalue weighted by atomic mass is 10.1. The highest BCUT2D eigenvalue weighted by molar-refractivity contribution is 5.80. The molecule has 1 aromatic rings. The Labute approximate surface area is 180 Å². The first-order valence-corrected chi connectivity index (χ1v) is 11.2. The third kappa shape index (κ3) is 6.71. The number of aliphatic imine (C=N–C) groups is 1. The number of nitrogens with zero attached hydrogens (tertiary/aromatic N) is 3. The van der Waals surface area contributed by atoms with E-state index in [-0.39, 0.29) is 12.0 Å². The quantitative estimate of drug-likeness (QED) is 0.385. The van der Waals surface area contributed by atoms with Gasteiger partial charge in [-0.15, -0.1) is 0 Å². The highest BCUT2D eigenvalue weighted by Crippen LogP contribution is 2.22. The number of rotatable bonds is 8. The molecule has 2 heterocycles. The fourth-order valence-electron chi connectivity index (χ4n) is 4.13. The maximum atomic E-state index is 12.5. The number of carbonyl (C=O) groups is 1. The van der Waals surface area contributed by atoms with Gasteiger partial charge in [-0.3, -0.25) is 14.7 Å². The van der Waals surface area contributed by atoms with Crippen LogP contribution in [0.15, 0.2) is 29.3 Å². The molecule has 2 aliphatic rings. The number of amides is 1. The number of hydrogen-bond donors (Lipinski definition) is 2. The van der Waals surface area contributed by atoms with Crippen LogP contribution in [0, 0.1) is 5.92 Å². The summed E-state index contributed by atoms with van der Waals surface area (Å²) in [5, 5.41) is 6.67. The van der Waals surface area contributed by atoms with Gasteiger partial charge in [0.15, 0.2) is 5.96 Å². The van der Waals surface area contributed by atoms with Crippen LogP contribution in [0.3, 0.4) is 0 Å². The van der Waals surface area contributed by atoms with Gasteiger partial charge in [-0.2, -0.15) is 0 Å². The molecule has 1 fully saturated rings. The SMILES string of the molecule is CN=C(NCCCC(=O)N1Cc2ccccc2C1)NCC1CN(CC(C)C)CCO1. The molecule has 0 aliphatic carbocycles. The van der Waals surface area contributed by atoms with Crippen LogP contribution >= 0.6 is 0 Å². The first kappa shape index (κ1) is 22.6. The minimum atomic E-state index is 0.175. The molecule has 7 heteroatoms. The van der Waals surface area contributed by atoms with Crippen molar-refractivity contribution in [2.75, 3.05) is 46.4 Å². The van der Waals surface area contributed by atoms with Crippen LogP contribution < -0.4 is 10.6 Å². The van der Waals surface area contributed by atoms with Crippen LogP contribution in [0.25, 0.3) is 0 Å². The van der Waals surface area contributed by atoms with E-state index in [4.69, 9.17) is 4.74 Å². The van der Waals surface area contributed by atoms with Gasteiger partial charge in [-0.1, -0.05) is 38.1 Å². The minimum Gasteiger partial charge on any atom is -0.374 e. The van der Waals surface area contributed by atoms with E-state index in [0.717, 1.165) is 64.8 Å². The van der Waals surface area contributed by atoms with Gasteiger partial charge < -0.3 is 20.3 Å². The molecular formula is C23H37N5O2. The molecule has 30 heavy (non-hydrogen) atoms. The molecule has 1 unspecified atom stereocenters. The van der Waals surface area contributed by atoms with E-state index >= 15 is 0 Å². The number of benzene rings is 1. The third-order valence-electron chi connectivity index (χ3n) is 5.62. The summed E-state index contributed by atoms with van der Waals surface area (Å²) >= 11 is 0. The predicted octanol–water partition coefficient (Wildman–Crippen LogP) is 1.83. The zero-order valence-electron chi connectivity index (χ0n) is 18.7. The summed E-state index contributed by atoms with van der Waals surface area (Å²) in [4.78, 5) is 21.2. The molecule has 0 saturated carbocycles. The van der Waals surface area contributed by atoms with Crippen LogP contribution in [0.5, 0.6) is 0 Å². The highest BCUT2D eigenvalue weighted by Gasteiger charge is 2.23. The van der Waals surface area contributed by atoms with E-state index in [0.29, 0.717) is 12.3 Å². The first-order chi connectivity index (χ1) is 14.5. The van der Waals surface area contributed by atoms with Crippen molar-refractivity contribution in [3.63, 3.8) is 0 Å². The van der Waals surface area contributed by atoms with E-state index in [1.54, 1.807) is 7.05 Å². The Morgan fingerprint density at radius 1 is 1.23 bits per heavy atom. The Balaban J connectivity index is 1.31. The summed E-state index contributed by atoms with van der Waals surface area (Å²) in [5.41, 5.74) is 2.54. The molecule has 1 amide bonds. The highest BCUT2D eigenvalue weighted by atomic mass is 16.5. The smallest absolute Gasteiger partial charge is 0.223 e. The third-order valence-corrected chi connectivity index (χ3v) is 5.62. The van der Waals surface area contributed by atoms with Gasteiger partial charge in [-0.05, 0) is 23.5 Å². The van der Waals surface area contributed by atoms with Gasteiger partial charge in [0.25, 0.3) is 0 Å². The van der Waals surface area contributed by atoms with E-state index < -0.39 is 0 Å². The largest absolute Gasteiger partial charge is 0.374 e. The maximum absolute atomic E-state index is 12.5. The van der Waals surface area contributed by atoms with Crippen molar-refractivity contribution in [3.8, 4) is 0 Å².